The highest BCUT2D eigenvalue weighted by molar-refractivity contribution is 7.16. The molecule has 3 aromatic heterocycles. The molecule has 1 aliphatic rings. The van der Waals surface area contributed by atoms with Crippen LogP contribution in [0.25, 0.3) is 11.3 Å². The molecule has 1 aliphatic heterocycles. The van der Waals surface area contributed by atoms with Gasteiger partial charge in [0.05, 0.1) is 42.3 Å². The summed E-state index contributed by atoms with van der Waals surface area (Å²) >= 11 is 7.44. The smallest absolute Gasteiger partial charge is 0.338 e. The number of pyridine rings is 1. The van der Waals surface area contributed by atoms with Gasteiger partial charge in [-0.25, -0.2) is 4.79 Å². The number of hydrogen-bond acceptors (Lipinski definition) is 9. The van der Waals surface area contributed by atoms with Gasteiger partial charge >= 0.3 is 5.97 Å². The third-order valence-electron chi connectivity index (χ3n) is 6.11. The van der Waals surface area contributed by atoms with Crippen LogP contribution in [-0.2, 0) is 27.4 Å². The number of halogens is 1. The third-order valence-corrected chi connectivity index (χ3v) is 7.34. The molecule has 208 valence electrons. The van der Waals surface area contributed by atoms with E-state index in [9.17, 15) is 19.2 Å². The number of hydrogen-bond donors (Lipinski definition) is 1. The van der Waals surface area contributed by atoms with Crippen molar-refractivity contribution in [3.8, 4) is 11.3 Å². The highest BCUT2D eigenvalue weighted by atomic mass is 35.5. The molecule has 0 spiro atoms. The van der Waals surface area contributed by atoms with E-state index in [1.807, 2.05) is 6.07 Å². The van der Waals surface area contributed by atoms with Gasteiger partial charge in [0.15, 0.2) is 0 Å². The molecule has 3 aromatic rings. The summed E-state index contributed by atoms with van der Waals surface area (Å²) in [6.07, 6.45) is 1.38. The van der Waals surface area contributed by atoms with Crippen molar-refractivity contribution < 1.29 is 23.9 Å². The average molecular weight is 576 g/mol. The van der Waals surface area contributed by atoms with Crippen LogP contribution in [0.1, 0.15) is 40.8 Å². The number of rotatable bonds is 7. The number of morpholine rings is 1. The third kappa shape index (κ3) is 6.40. The normalized spacial score (nSPS) is 13.8. The Balaban J connectivity index is 1.77. The van der Waals surface area contributed by atoms with E-state index in [0.29, 0.717) is 43.0 Å². The van der Waals surface area contributed by atoms with Gasteiger partial charge < -0.3 is 24.3 Å². The molecule has 1 saturated heterocycles. The molecule has 4 heterocycles. The van der Waals surface area contributed by atoms with Gasteiger partial charge in [-0.05, 0) is 18.2 Å². The maximum atomic E-state index is 13.7. The van der Waals surface area contributed by atoms with Crippen molar-refractivity contribution in [2.24, 2.45) is 5.41 Å². The highest BCUT2D eigenvalue weighted by Crippen LogP contribution is 2.28. The van der Waals surface area contributed by atoms with Crippen molar-refractivity contribution in [1.29, 1.82) is 0 Å². The number of methoxy groups -OCH3 is 1. The Bertz CT molecular complexity index is 1450. The molecule has 11 nitrogen and oxygen atoms in total. The molecule has 1 amide bonds. The molecule has 13 heteroatoms. The van der Waals surface area contributed by atoms with Crippen LogP contribution in [0.4, 0.5) is 5.82 Å². The number of nitrogens with zero attached hydrogens (tertiary/aromatic N) is 4. The molecular weight excluding hydrogens is 546 g/mol. The van der Waals surface area contributed by atoms with Crippen molar-refractivity contribution in [1.82, 2.24) is 19.2 Å². The van der Waals surface area contributed by atoms with Gasteiger partial charge in [0, 0.05) is 35.6 Å². The Kier molecular flexibility index (Phi) is 8.57. The van der Waals surface area contributed by atoms with Crippen LogP contribution in [0.3, 0.4) is 0 Å². The topological polar surface area (TPSA) is 125 Å². The number of carbonyl (C=O) groups is 3. The van der Waals surface area contributed by atoms with E-state index in [-0.39, 0.29) is 35.2 Å². The van der Waals surface area contributed by atoms with Gasteiger partial charge in [-0.15, -0.1) is 11.3 Å². The second kappa shape index (κ2) is 11.7. The molecule has 1 fully saturated rings. The number of nitrogens with one attached hydrogen (secondary N) is 1. The maximum absolute atomic E-state index is 13.7. The lowest BCUT2D eigenvalue weighted by molar-refractivity contribution is -0.135. The monoisotopic (exact) mass is 575 g/mol. The van der Waals surface area contributed by atoms with Gasteiger partial charge in [-0.3, -0.25) is 14.4 Å². The molecule has 0 atom stereocenters. The van der Waals surface area contributed by atoms with Gasteiger partial charge in [0.1, 0.15) is 18.1 Å². The highest BCUT2D eigenvalue weighted by Gasteiger charge is 2.29. The van der Waals surface area contributed by atoms with Crippen molar-refractivity contribution in [2.75, 3.05) is 38.7 Å². The van der Waals surface area contributed by atoms with Crippen LogP contribution >= 0.6 is 22.9 Å². The first kappa shape index (κ1) is 28.5. The molecule has 0 aliphatic carbocycles. The van der Waals surface area contributed by atoms with E-state index in [0.717, 1.165) is 4.88 Å². The van der Waals surface area contributed by atoms with Gasteiger partial charge in [0.2, 0.25) is 5.91 Å². The van der Waals surface area contributed by atoms with Crippen LogP contribution in [0.2, 0.25) is 4.34 Å². The van der Waals surface area contributed by atoms with E-state index in [1.54, 1.807) is 31.7 Å². The summed E-state index contributed by atoms with van der Waals surface area (Å²) in [5.74, 6) is -0.973. The number of amides is 1. The zero-order valence-electron chi connectivity index (χ0n) is 22.2. The average Bonchev–Trinajstić information content (AvgIpc) is 3.53. The largest absolute Gasteiger partial charge is 0.465 e. The number of anilines is 1. The minimum Gasteiger partial charge on any atom is -0.465 e. The van der Waals surface area contributed by atoms with E-state index >= 15 is 0 Å². The fourth-order valence-corrected chi connectivity index (χ4v) is 5.04. The van der Waals surface area contributed by atoms with E-state index in [4.69, 9.17) is 21.1 Å². The number of aromatic nitrogens is 3. The number of esters is 1. The molecule has 0 bridgehead atoms. The first-order chi connectivity index (χ1) is 18.5. The molecule has 0 radical (unpaired) electrons. The zero-order chi connectivity index (χ0) is 28.3. The molecule has 4 rings (SSSR count). The Morgan fingerprint density at radius 1 is 1.18 bits per heavy atom. The van der Waals surface area contributed by atoms with Crippen molar-refractivity contribution >= 4 is 46.5 Å². The quantitative estimate of drug-likeness (QED) is 0.425. The Morgan fingerprint density at radius 3 is 2.51 bits per heavy atom. The van der Waals surface area contributed by atoms with Gasteiger partial charge in [-0.2, -0.15) is 9.78 Å². The first-order valence-corrected chi connectivity index (χ1v) is 13.5. The van der Waals surface area contributed by atoms with Gasteiger partial charge in [0.25, 0.3) is 11.5 Å². The maximum Gasteiger partial charge on any atom is 0.338 e. The van der Waals surface area contributed by atoms with Crippen molar-refractivity contribution in [2.45, 2.75) is 33.9 Å². The van der Waals surface area contributed by atoms with E-state index in [2.05, 4.69) is 10.4 Å². The summed E-state index contributed by atoms with van der Waals surface area (Å²) in [7, 11) is 1.21. The second-order valence-electron chi connectivity index (χ2n) is 9.96. The summed E-state index contributed by atoms with van der Waals surface area (Å²) < 4.78 is 13.3. The molecule has 39 heavy (non-hydrogen) atoms. The van der Waals surface area contributed by atoms with Crippen LogP contribution < -0.4 is 10.9 Å². The molecule has 1 N–H and O–H groups in total. The molecule has 0 saturated carbocycles. The summed E-state index contributed by atoms with van der Waals surface area (Å²) in [6, 6.07) is 6.60. The molecule has 0 aromatic carbocycles. The predicted molar refractivity (Wildman–Crippen MR) is 147 cm³/mol. The van der Waals surface area contributed by atoms with Crippen LogP contribution in [0.5, 0.6) is 0 Å². The lowest BCUT2D eigenvalue weighted by atomic mass is 9.96. The standard InChI is InChI=1S/C26H30ClN5O6S/c1-26(2,3)25(36)32-20(28-14-16-5-6-19(27)39-16)13-18(29-32)22-17(24(35)37-4)7-8-31(23(22)34)15-21(33)30-9-11-38-12-10-30/h5-8,13,28H,9-12,14-15H2,1-4H3. The van der Waals surface area contributed by atoms with Crippen LogP contribution in [-0.4, -0.2) is 70.4 Å². The fourth-order valence-electron chi connectivity index (χ4n) is 4.01. The van der Waals surface area contributed by atoms with Crippen LogP contribution in [0, 0.1) is 5.41 Å². The Morgan fingerprint density at radius 2 is 1.90 bits per heavy atom. The lowest BCUT2D eigenvalue weighted by Gasteiger charge is -2.27. The SMILES string of the molecule is COC(=O)c1ccn(CC(=O)N2CCOCC2)c(=O)c1-c1cc(NCc2ccc(Cl)s2)n(C(=O)C(C)(C)C)n1. The fraction of sp³-hybridized carbons (Fsp3) is 0.423. The number of ether oxygens (including phenoxy) is 2. The van der Waals surface area contributed by atoms with Crippen LogP contribution in [0.15, 0.2) is 35.3 Å². The Labute approximate surface area is 234 Å². The zero-order valence-corrected chi connectivity index (χ0v) is 23.7. The Hall–Kier alpha value is -3.48. The summed E-state index contributed by atoms with van der Waals surface area (Å²) in [5.41, 5.74) is -1.40. The summed E-state index contributed by atoms with van der Waals surface area (Å²) in [5, 5.41) is 7.65. The molecular formula is C26H30ClN5O6S. The lowest BCUT2D eigenvalue weighted by Crippen LogP contribution is -2.43. The minimum absolute atomic E-state index is 0.0259. The minimum atomic E-state index is -0.793. The van der Waals surface area contributed by atoms with E-state index < -0.39 is 16.9 Å². The number of carbonyl (C=O) groups excluding carboxylic acids is 3. The predicted octanol–water partition coefficient (Wildman–Crippen LogP) is 3.37. The first-order valence-electron chi connectivity index (χ1n) is 12.3. The van der Waals surface area contributed by atoms with E-state index in [1.165, 1.54) is 46.0 Å². The van der Waals surface area contributed by atoms with Crippen molar-refractivity contribution in [3.63, 3.8) is 0 Å². The van der Waals surface area contributed by atoms with Crippen molar-refractivity contribution in [3.05, 3.63) is 55.6 Å². The molecule has 0 unspecified atom stereocenters. The van der Waals surface area contributed by atoms with Gasteiger partial charge in [-0.1, -0.05) is 32.4 Å². The summed E-state index contributed by atoms with van der Waals surface area (Å²) in [6.45, 7) is 7.13. The summed E-state index contributed by atoms with van der Waals surface area (Å²) in [4.78, 5) is 55.1. The second-order valence-corrected chi connectivity index (χ2v) is 11.8. The number of thiophene rings is 1.